The van der Waals surface area contributed by atoms with Crippen LogP contribution in [0.15, 0.2) is 16.5 Å². The lowest BCUT2D eigenvalue weighted by Gasteiger charge is -2.06. The van der Waals surface area contributed by atoms with Gasteiger partial charge < -0.3 is 5.73 Å². The molecule has 2 N–H and O–H groups in total. The summed E-state index contributed by atoms with van der Waals surface area (Å²) in [5.74, 6) is 0. The van der Waals surface area contributed by atoms with Gasteiger partial charge in [0.15, 0.2) is 5.23 Å². The van der Waals surface area contributed by atoms with Crippen molar-refractivity contribution in [2.24, 2.45) is 4.36 Å². The largest absolute Gasteiger partial charge is 0.397 e. The molecule has 0 radical (unpaired) electrons. The monoisotopic (exact) mass is 264 g/mol. The molecule has 0 atom stereocenters. The van der Waals surface area contributed by atoms with Gasteiger partial charge in [0, 0.05) is 0 Å². The Labute approximate surface area is 98.8 Å². The zero-order valence-electron chi connectivity index (χ0n) is 8.25. The average molecular weight is 265 g/mol. The van der Waals surface area contributed by atoms with Crippen molar-refractivity contribution in [1.82, 2.24) is 0 Å². The van der Waals surface area contributed by atoms with Crippen LogP contribution >= 0.6 is 23.2 Å². The second-order valence-corrected chi connectivity index (χ2v) is 6.93. The third-order valence-corrected chi connectivity index (χ3v) is 3.37. The summed E-state index contributed by atoms with van der Waals surface area (Å²) in [4.78, 5) is 10.6. The molecule has 15 heavy (non-hydrogen) atoms. The standard InChI is InChI=1S/C9H10Cl2N2OS/c1-15(2,5-14)13-9-6(10)3-4-7(12)8(9)11/h3-4H,12H2,1-2H3. The topological polar surface area (TPSA) is 55.5 Å². The van der Waals surface area contributed by atoms with E-state index in [0.29, 0.717) is 16.4 Å². The Balaban J connectivity index is 3.60. The van der Waals surface area contributed by atoms with Crippen LogP contribution in [0.1, 0.15) is 0 Å². The van der Waals surface area contributed by atoms with Gasteiger partial charge in [-0.15, -0.1) is 0 Å². The lowest BCUT2D eigenvalue weighted by molar-refractivity contribution is 0.571. The molecular formula is C9H10Cl2N2OS. The smallest absolute Gasteiger partial charge is 0.166 e. The number of benzene rings is 1. The van der Waals surface area contributed by atoms with E-state index in [1.54, 1.807) is 24.6 Å². The summed E-state index contributed by atoms with van der Waals surface area (Å²) in [7, 11) is -1.84. The molecule has 0 aliphatic rings. The van der Waals surface area contributed by atoms with Crippen molar-refractivity contribution in [3.05, 3.63) is 22.2 Å². The third kappa shape index (κ3) is 2.89. The van der Waals surface area contributed by atoms with Crippen molar-refractivity contribution in [2.75, 3.05) is 18.2 Å². The number of carbonyl (C=O) groups excluding carboxylic acids is 1. The molecule has 3 nitrogen and oxygen atoms in total. The Morgan fingerprint density at radius 3 is 2.53 bits per heavy atom. The maximum absolute atomic E-state index is 10.6. The third-order valence-electron chi connectivity index (χ3n) is 1.62. The Kier molecular flexibility index (Phi) is 3.68. The molecule has 1 aromatic carbocycles. The second-order valence-electron chi connectivity index (χ2n) is 3.25. The van der Waals surface area contributed by atoms with Gasteiger partial charge in [-0.3, -0.25) is 0 Å². The van der Waals surface area contributed by atoms with Crippen LogP contribution in [0.2, 0.25) is 10.0 Å². The number of anilines is 1. The van der Waals surface area contributed by atoms with Crippen molar-refractivity contribution in [3.8, 4) is 0 Å². The van der Waals surface area contributed by atoms with Gasteiger partial charge in [-0.1, -0.05) is 32.6 Å². The van der Waals surface area contributed by atoms with E-state index in [-0.39, 0.29) is 5.02 Å². The molecule has 1 aromatic rings. The van der Waals surface area contributed by atoms with Gasteiger partial charge in [-0.05, 0) is 24.6 Å². The Morgan fingerprint density at radius 1 is 1.40 bits per heavy atom. The fourth-order valence-electron chi connectivity index (χ4n) is 0.887. The van der Waals surface area contributed by atoms with Crippen LogP contribution in [0.25, 0.3) is 0 Å². The number of rotatable bonds is 1. The van der Waals surface area contributed by atoms with Gasteiger partial charge >= 0.3 is 0 Å². The number of nitrogens with two attached hydrogens (primary N) is 1. The zero-order valence-corrected chi connectivity index (χ0v) is 10.6. The van der Waals surface area contributed by atoms with E-state index in [2.05, 4.69) is 4.36 Å². The summed E-state index contributed by atoms with van der Waals surface area (Å²) in [5, 5.41) is 2.53. The molecule has 0 aliphatic heterocycles. The molecule has 0 unspecified atom stereocenters. The Morgan fingerprint density at radius 2 is 2.00 bits per heavy atom. The van der Waals surface area contributed by atoms with Crippen molar-refractivity contribution in [2.45, 2.75) is 0 Å². The van der Waals surface area contributed by atoms with E-state index in [1.165, 1.54) is 0 Å². The van der Waals surface area contributed by atoms with Crippen LogP contribution in [0, 0.1) is 0 Å². The van der Waals surface area contributed by atoms with E-state index in [1.807, 2.05) is 5.23 Å². The lowest BCUT2D eigenvalue weighted by Crippen LogP contribution is -1.93. The number of nitrogen functional groups attached to an aromatic ring is 1. The van der Waals surface area contributed by atoms with Crippen molar-refractivity contribution in [1.29, 1.82) is 0 Å². The Bertz CT molecular complexity index is 533. The van der Waals surface area contributed by atoms with Crippen molar-refractivity contribution in [3.63, 3.8) is 0 Å². The number of halogens is 2. The van der Waals surface area contributed by atoms with Crippen LogP contribution in [-0.4, -0.2) is 17.7 Å². The molecule has 0 amide bonds. The number of hydrogen-bond acceptors (Lipinski definition) is 3. The molecule has 0 saturated heterocycles. The lowest BCUT2D eigenvalue weighted by atomic mass is 10.3. The molecule has 0 heterocycles. The summed E-state index contributed by atoms with van der Waals surface area (Å²) in [6, 6.07) is 3.19. The molecule has 82 valence electrons. The van der Waals surface area contributed by atoms with Gasteiger partial charge in [0.25, 0.3) is 0 Å². The predicted molar refractivity (Wildman–Crippen MR) is 67.9 cm³/mol. The second kappa shape index (κ2) is 4.45. The highest BCUT2D eigenvalue weighted by atomic mass is 35.5. The zero-order chi connectivity index (χ0) is 11.6. The molecule has 0 aliphatic carbocycles. The van der Waals surface area contributed by atoms with Gasteiger partial charge in [0.1, 0.15) is 5.69 Å². The van der Waals surface area contributed by atoms with Gasteiger partial charge in [-0.25, -0.2) is 9.16 Å². The minimum absolute atomic E-state index is 0.276. The summed E-state index contributed by atoms with van der Waals surface area (Å²) >= 11 is 11.9. The first-order valence-corrected chi connectivity index (χ1v) is 7.12. The first-order chi connectivity index (χ1) is 6.87. The van der Waals surface area contributed by atoms with Crippen molar-refractivity contribution >= 4 is 49.2 Å². The van der Waals surface area contributed by atoms with Crippen molar-refractivity contribution < 1.29 is 4.79 Å². The highest BCUT2D eigenvalue weighted by molar-refractivity contribution is 8.01. The number of nitrogens with zero attached hydrogens (tertiary/aromatic N) is 1. The maximum Gasteiger partial charge on any atom is 0.166 e. The summed E-state index contributed by atoms with van der Waals surface area (Å²) in [6.07, 6.45) is 3.38. The number of hydrogen-bond donors (Lipinski definition) is 1. The molecule has 0 spiro atoms. The molecule has 1 rings (SSSR count). The van der Waals surface area contributed by atoms with E-state index in [9.17, 15) is 4.79 Å². The SMILES string of the molecule is CS(C)(=C=O)=Nc1c(Cl)ccc(N)c1Cl. The molecule has 6 heteroatoms. The van der Waals surface area contributed by atoms with E-state index in [0.717, 1.165) is 0 Å². The molecule has 0 saturated carbocycles. The fourth-order valence-corrected chi connectivity index (χ4v) is 2.13. The average Bonchev–Trinajstić information content (AvgIpc) is 2.19. The van der Waals surface area contributed by atoms with Crippen LogP contribution < -0.4 is 5.73 Å². The quantitative estimate of drug-likeness (QED) is 0.627. The summed E-state index contributed by atoms with van der Waals surface area (Å²) < 4.78 is 4.19. The molecule has 0 aromatic heterocycles. The first kappa shape index (κ1) is 12.4. The summed E-state index contributed by atoms with van der Waals surface area (Å²) in [6.45, 7) is 0. The highest BCUT2D eigenvalue weighted by Crippen LogP contribution is 2.37. The van der Waals surface area contributed by atoms with Gasteiger partial charge in [0.05, 0.1) is 15.7 Å². The van der Waals surface area contributed by atoms with Crippen LogP contribution in [-0.2, 0) is 14.2 Å². The van der Waals surface area contributed by atoms with E-state index >= 15 is 0 Å². The van der Waals surface area contributed by atoms with E-state index in [4.69, 9.17) is 28.9 Å². The highest BCUT2D eigenvalue weighted by Gasteiger charge is 2.08. The minimum atomic E-state index is -1.84. The van der Waals surface area contributed by atoms with Crippen LogP contribution in [0.5, 0.6) is 0 Å². The molecule has 0 bridgehead atoms. The molecular weight excluding hydrogens is 255 g/mol. The van der Waals surface area contributed by atoms with E-state index < -0.39 is 9.41 Å². The predicted octanol–water partition coefficient (Wildman–Crippen LogP) is 2.87. The molecule has 0 fully saturated rings. The minimum Gasteiger partial charge on any atom is -0.397 e. The maximum atomic E-state index is 10.6. The van der Waals surface area contributed by atoms with Crippen LogP contribution in [0.4, 0.5) is 11.4 Å². The van der Waals surface area contributed by atoms with Crippen LogP contribution in [0.3, 0.4) is 0 Å². The normalized spacial score (nSPS) is 10.9. The Hall–Kier alpha value is -0.670. The first-order valence-electron chi connectivity index (χ1n) is 3.96. The van der Waals surface area contributed by atoms with Gasteiger partial charge in [-0.2, -0.15) is 0 Å². The fraction of sp³-hybridized carbons (Fsp3) is 0.222. The van der Waals surface area contributed by atoms with Gasteiger partial charge in [0.2, 0.25) is 0 Å². The summed E-state index contributed by atoms with van der Waals surface area (Å²) in [5.41, 5.74) is 6.36.